The number of fused-ring (bicyclic) bond motifs is 10. The van der Waals surface area contributed by atoms with Gasteiger partial charge in [-0.1, -0.05) is 161 Å². The molecular weight excluding hydrogens is 1100 g/mol. The summed E-state index contributed by atoms with van der Waals surface area (Å²) < 4.78 is 0. The lowest BCUT2D eigenvalue weighted by Crippen LogP contribution is -2.17. The van der Waals surface area contributed by atoms with Crippen molar-refractivity contribution in [2.45, 2.75) is 38.5 Å². The van der Waals surface area contributed by atoms with Gasteiger partial charge >= 0.3 is 0 Å². The molecule has 0 spiro atoms. The molecule has 0 bridgehead atoms. The Hall–Kier alpha value is -11.5. The van der Waals surface area contributed by atoms with Gasteiger partial charge in [0, 0.05) is 33.6 Å². The van der Waals surface area contributed by atoms with Crippen LogP contribution < -0.4 is 9.80 Å². The molecule has 0 amide bonds. The minimum atomic E-state index is -1.05. The van der Waals surface area contributed by atoms with Crippen molar-refractivity contribution >= 4 is 77.2 Å². The lowest BCUT2D eigenvalue weighted by atomic mass is 9.78. The van der Waals surface area contributed by atoms with Crippen LogP contribution in [0.25, 0.3) is 87.6 Å². The molecule has 13 aromatic carbocycles. The maximum absolute atomic E-state index is 11.6. The minimum absolute atomic E-state index is 0.327. The second-order valence-electron chi connectivity index (χ2n) is 24.0. The summed E-state index contributed by atoms with van der Waals surface area (Å²) in [5, 5.41) is 119. The van der Waals surface area contributed by atoms with Gasteiger partial charge in [0.1, 0.15) is 11.4 Å². The van der Waals surface area contributed by atoms with Gasteiger partial charge in [-0.3, -0.25) is 0 Å². The summed E-state index contributed by atoms with van der Waals surface area (Å²) in [4.78, 5) is 3.14. The van der Waals surface area contributed by atoms with E-state index in [1.165, 1.54) is 0 Å². The number of hydrogen-bond acceptors (Lipinski definition) is 12. The van der Waals surface area contributed by atoms with Crippen molar-refractivity contribution in [1.82, 2.24) is 0 Å². The number of phenolic OH excluding ortho intramolecular Hbond substituents is 10. The largest absolute Gasteiger partial charge is 0.503 e. The summed E-state index contributed by atoms with van der Waals surface area (Å²) in [6.45, 7) is 8.72. The predicted molar refractivity (Wildman–Crippen MR) is 348 cm³/mol. The maximum atomic E-state index is 11.6. The van der Waals surface area contributed by atoms with Gasteiger partial charge in [-0.15, -0.1) is 0 Å². The molecule has 2 aliphatic rings. The number of aromatic hydroxyl groups is 10. The standard InChI is InChI=1S/C76H56N2O10/c1-75(2)57-33-47(77(45-25-23-39-15-11-13-21-43(39)31-45)63-65(79)69(83)73(87)70(84)66(63)80)27-29-49(57)51-35-53-55(37-59(51)75)62(42-19-9-6-10-20-42)56-38-60-52(36-54(56)61(53)41-17-7-5-8-18-41)50-30-28-48(34-58(50)76(60,3)4)78(46-26-24-40-16-12-14-22-44(40)32-46)64-67(81)71(85)74(88)72(86)68(64)82/h5-38,79-88H,1-4H3. The van der Waals surface area contributed by atoms with E-state index in [0.717, 1.165) is 110 Å². The molecule has 0 saturated heterocycles. The molecule has 88 heavy (non-hydrogen) atoms. The van der Waals surface area contributed by atoms with Crippen LogP contribution in [-0.2, 0) is 10.8 Å². The van der Waals surface area contributed by atoms with E-state index in [4.69, 9.17) is 0 Å². The molecule has 0 saturated carbocycles. The monoisotopic (exact) mass is 1160 g/mol. The van der Waals surface area contributed by atoms with E-state index >= 15 is 0 Å². The van der Waals surface area contributed by atoms with Crippen LogP contribution in [-0.4, -0.2) is 51.1 Å². The number of phenols is 10. The van der Waals surface area contributed by atoms with Gasteiger partial charge < -0.3 is 60.9 Å². The van der Waals surface area contributed by atoms with E-state index in [-0.39, 0.29) is 11.4 Å². The van der Waals surface area contributed by atoms with E-state index in [1.807, 2.05) is 146 Å². The van der Waals surface area contributed by atoms with Crippen molar-refractivity contribution in [2.24, 2.45) is 0 Å². The number of benzene rings is 13. The molecule has 12 nitrogen and oxygen atoms in total. The average Bonchev–Trinajstić information content (AvgIpc) is 2.31. The van der Waals surface area contributed by atoms with Crippen LogP contribution in [0.4, 0.5) is 34.1 Å². The van der Waals surface area contributed by atoms with Gasteiger partial charge in [-0.05, 0) is 183 Å². The van der Waals surface area contributed by atoms with E-state index < -0.39 is 68.3 Å². The summed E-state index contributed by atoms with van der Waals surface area (Å²) in [7, 11) is 0. The topological polar surface area (TPSA) is 209 Å². The van der Waals surface area contributed by atoms with Crippen LogP contribution in [0.5, 0.6) is 57.5 Å². The SMILES string of the molecule is CC1(C)c2cc(N(c3ccc4ccccc4c3)c3c(O)c(O)c(O)c(O)c3O)ccc2-c2cc3c(-c4ccccc4)c4cc5c(cc4c(-c4ccccc4)c3cc21)C(C)(C)c1cc(N(c2ccc3ccccc3c2)c2c(O)c(O)c(O)c(O)c2O)ccc1-5. The second-order valence-corrected chi connectivity index (χ2v) is 24.0. The zero-order valence-electron chi connectivity index (χ0n) is 48.0. The highest BCUT2D eigenvalue weighted by molar-refractivity contribution is 6.23. The molecule has 2 aliphatic carbocycles. The highest BCUT2D eigenvalue weighted by Gasteiger charge is 2.41. The lowest BCUT2D eigenvalue weighted by Gasteiger charge is -2.29. The highest BCUT2D eigenvalue weighted by Crippen LogP contribution is 2.63. The van der Waals surface area contributed by atoms with Gasteiger partial charge in [0.2, 0.25) is 34.5 Å². The Morgan fingerprint density at radius 1 is 0.250 bits per heavy atom. The first-order chi connectivity index (χ1) is 42.3. The number of anilines is 6. The third kappa shape index (κ3) is 7.58. The molecule has 10 N–H and O–H groups in total. The van der Waals surface area contributed by atoms with Crippen LogP contribution in [0.15, 0.2) is 206 Å². The first-order valence-corrected chi connectivity index (χ1v) is 28.8. The Kier molecular flexibility index (Phi) is 11.5. The molecule has 0 fully saturated rings. The summed E-state index contributed by atoms with van der Waals surface area (Å²) in [6, 6.07) is 68.7. The van der Waals surface area contributed by atoms with Crippen molar-refractivity contribution in [1.29, 1.82) is 0 Å². The van der Waals surface area contributed by atoms with E-state index in [1.54, 1.807) is 9.80 Å². The molecule has 0 aliphatic heterocycles. The van der Waals surface area contributed by atoms with Crippen LogP contribution >= 0.6 is 0 Å². The van der Waals surface area contributed by atoms with Crippen molar-refractivity contribution in [2.75, 3.05) is 9.80 Å². The van der Waals surface area contributed by atoms with Crippen molar-refractivity contribution in [3.05, 3.63) is 229 Å². The number of hydrogen-bond donors (Lipinski definition) is 10. The third-order valence-corrected chi connectivity index (χ3v) is 18.4. The Bertz CT molecular complexity index is 4840. The van der Waals surface area contributed by atoms with Gasteiger partial charge in [0.15, 0.2) is 23.0 Å². The maximum Gasteiger partial charge on any atom is 0.208 e. The molecule has 0 unspecified atom stereocenters. The number of nitrogens with zero attached hydrogens (tertiary/aromatic N) is 2. The molecule has 12 heteroatoms. The molecule has 0 atom stereocenters. The van der Waals surface area contributed by atoms with Gasteiger partial charge in [0.05, 0.1) is 0 Å². The van der Waals surface area contributed by atoms with Gasteiger partial charge in [-0.2, -0.15) is 0 Å². The van der Waals surface area contributed by atoms with Crippen molar-refractivity contribution in [3.8, 4) is 102 Å². The average molecular weight is 1160 g/mol. The summed E-state index contributed by atoms with van der Waals surface area (Å²) in [5.74, 6) is -9.36. The van der Waals surface area contributed by atoms with Crippen LogP contribution in [0.3, 0.4) is 0 Å². The van der Waals surface area contributed by atoms with Crippen molar-refractivity contribution < 1.29 is 51.1 Å². The van der Waals surface area contributed by atoms with Crippen LogP contribution in [0.1, 0.15) is 49.9 Å². The lowest BCUT2D eigenvalue weighted by molar-refractivity contribution is 0.329. The molecule has 15 rings (SSSR count). The first kappa shape index (κ1) is 53.2. The fraction of sp³-hybridized carbons (Fsp3) is 0.0789. The fourth-order valence-corrected chi connectivity index (χ4v) is 14.0. The van der Waals surface area contributed by atoms with Crippen LogP contribution in [0, 0.1) is 0 Å². The zero-order valence-corrected chi connectivity index (χ0v) is 48.0. The van der Waals surface area contributed by atoms with Crippen molar-refractivity contribution in [3.63, 3.8) is 0 Å². The quantitative estimate of drug-likeness (QED) is 0.0392. The van der Waals surface area contributed by atoms with E-state index in [9.17, 15) is 51.1 Å². The minimum Gasteiger partial charge on any atom is -0.503 e. The number of rotatable bonds is 8. The zero-order chi connectivity index (χ0) is 61.0. The first-order valence-electron chi connectivity index (χ1n) is 28.8. The fourth-order valence-electron chi connectivity index (χ4n) is 14.0. The molecule has 0 heterocycles. The normalized spacial score (nSPS) is 13.4. The van der Waals surface area contributed by atoms with E-state index in [0.29, 0.717) is 22.7 Å². The Balaban J connectivity index is 0.957. The molecule has 430 valence electrons. The Morgan fingerprint density at radius 3 is 0.898 bits per heavy atom. The predicted octanol–water partition coefficient (Wildman–Crippen LogP) is 18.2. The van der Waals surface area contributed by atoms with Gasteiger partial charge in [0.25, 0.3) is 0 Å². The smallest absolute Gasteiger partial charge is 0.208 e. The molecule has 0 aromatic heterocycles. The summed E-state index contributed by atoms with van der Waals surface area (Å²) in [5.41, 5.74) is 12.1. The molecule has 0 radical (unpaired) electrons. The van der Waals surface area contributed by atoms with E-state index in [2.05, 4.69) is 88.4 Å². The summed E-state index contributed by atoms with van der Waals surface area (Å²) in [6.07, 6.45) is 0. The second kappa shape index (κ2) is 19.0. The Morgan fingerprint density at radius 2 is 0.534 bits per heavy atom. The third-order valence-electron chi connectivity index (χ3n) is 18.4. The molecular formula is C76H56N2O10. The molecule has 13 aromatic rings. The highest BCUT2D eigenvalue weighted by atomic mass is 16.4. The Labute approximate surface area is 504 Å². The van der Waals surface area contributed by atoms with Crippen LogP contribution in [0.2, 0.25) is 0 Å². The van der Waals surface area contributed by atoms with Gasteiger partial charge in [-0.25, -0.2) is 0 Å². The summed E-state index contributed by atoms with van der Waals surface area (Å²) >= 11 is 0.